The predicted molar refractivity (Wildman–Crippen MR) is 70.0 cm³/mol. The van der Waals surface area contributed by atoms with Crippen LogP contribution in [0.25, 0.3) is 0 Å². The highest BCUT2D eigenvalue weighted by molar-refractivity contribution is 7.09. The second kappa shape index (κ2) is 4.75. The highest BCUT2D eigenvalue weighted by atomic mass is 32.1. The topological polar surface area (TPSA) is 47.5 Å². The molecule has 2 aliphatic heterocycles. The van der Waals surface area contributed by atoms with E-state index in [9.17, 15) is 0 Å². The summed E-state index contributed by atoms with van der Waals surface area (Å²) in [6.07, 6.45) is 2.96. The number of nitrogens with zero attached hydrogens (tertiary/aromatic N) is 3. The van der Waals surface area contributed by atoms with Crippen molar-refractivity contribution < 1.29 is 9.47 Å². The van der Waals surface area contributed by atoms with Crippen LogP contribution in [0, 0.1) is 0 Å². The first-order valence-corrected chi connectivity index (χ1v) is 7.37. The second-order valence-corrected chi connectivity index (χ2v) is 5.71. The molecule has 0 radical (unpaired) electrons. The fraction of sp³-hybridized carbons (Fsp3) is 0.833. The molecule has 1 atom stereocenters. The molecule has 2 saturated heterocycles. The van der Waals surface area contributed by atoms with Crippen LogP contribution in [-0.2, 0) is 15.9 Å². The van der Waals surface area contributed by atoms with Crippen LogP contribution in [0.2, 0.25) is 0 Å². The molecular weight excluding hydrogens is 250 g/mol. The number of piperidine rings is 1. The molecule has 0 saturated carbocycles. The van der Waals surface area contributed by atoms with Crippen LogP contribution in [-0.4, -0.2) is 40.9 Å². The molecular formula is C12H19N3O2S. The Labute approximate surface area is 111 Å². The van der Waals surface area contributed by atoms with Crippen LogP contribution < -0.4 is 4.90 Å². The molecule has 0 aromatic carbocycles. The zero-order valence-corrected chi connectivity index (χ0v) is 11.7. The number of aryl methyl sites for hydroxylation is 1. The molecule has 6 heteroatoms. The summed E-state index contributed by atoms with van der Waals surface area (Å²) in [7, 11) is 0. The lowest BCUT2D eigenvalue weighted by atomic mass is 10.0. The molecule has 3 rings (SSSR count). The number of rotatable bonds is 2. The van der Waals surface area contributed by atoms with Gasteiger partial charge in [-0.25, -0.2) is 4.98 Å². The molecule has 3 heterocycles. The lowest BCUT2D eigenvalue weighted by Gasteiger charge is -2.37. The van der Waals surface area contributed by atoms with Gasteiger partial charge in [0.05, 0.1) is 12.7 Å². The largest absolute Gasteiger partial charge is 0.347 e. The molecule has 1 spiro atoms. The summed E-state index contributed by atoms with van der Waals surface area (Å²) in [5, 5.41) is 1.03. The summed E-state index contributed by atoms with van der Waals surface area (Å²) in [4.78, 5) is 6.82. The number of hydrogen-bond acceptors (Lipinski definition) is 6. The molecule has 2 fully saturated rings. The van der Waals surface area contributed by atoms with Crippen LogP contribution >= 0.6 is 11.5 Å². The van der Waals surface area contributed by atoms with E-state index in [4.69, 9.17) is 9.47 Å². The fourth-order valence-electron chi connectivity index (χ4n) is 2.52. The Kier molecular flexibility index (Phi) is 3.25. The fourth-order valence-corrected chi connectivity index (χ4v) is 3.32. The van der Waals surface area contributed by atoms with Gasteiger partial charge in [-0.2, -0.15) is 4.37 Å². The molecule has 0 N–H and O–H groups in total. The molecule has 0 aliphatic carbocycles. The van der Waals surface area contributed by atoms with E-state index >= 15 is 0 Å². The zero-order chi connectivity index (χ0) is 12.6. The lowest BCUT2D eigenvalue weighted by molar-refractivity contribution is -0.178. The standard InChI is InChI=1S/C12H19N3O2S/c1-3-10-13-11(18-14-10)15-6-4-12(5-7-15)16-8-9(2)17-12/h9H,3-8H2,1-2H3. The van der Waals surface area contributed by atoms with Crippen LogP contribution in [0.3, 0.4) is 0 Å². The minimum Gasteiger partial charge on any atom is -0.347 e. The van der Waals surface area contributed by atoms with Gasteiger partial charge in [-0.05, 0) is 6.92 Å². The minimum absolute atomic E-state index is 0.227. The van der Waals surface area contributed by atoms with Crippen molar-refractivity contribution in [2.75, 3.05) is 24.6 Å². The highest BCUT2D eigenvalue weighted by Crippen LogP contribution is 2.35. The monoisotopic (exact) mass is 269 g/mol. The van der Waals surface area contributed by atoms with Gasteiger partial charge in [-0.15, -0.1) is 0 Å². The van der Waals surface area contributed by atoms with Gasteiger partial charge in [0.25, 0.3) is 0 Å². The van der Waals surface area contributed by atoms with Gasteiger partial charge in [0, 0.05) is 43.9 Å². The van der Waals surface area contributed by atoms with Gasteiger partial charge in [0.15, 0.2) is 5.79 Å². The van der Waals surface area contributed by atoms with Crippen molar-refractivity contribution in [3.63, 3.8) is 0 Å². The molecule has 2 aliphatic rings. The van der Waals surface area contributed by atoms with Crippen molar-refractivity contribution in [2.24, 2.45) is 0 Å². The average Bonchev–Trinajstić information content (AvgIpc) is 2.98. The first-order chi connectivity index (χ1) is 8.71. The number of hydrogen-bond donors (Lipinski definition) is 0. The van der Waals surface area contributed by atoms with Crippen LogP contribution in [0.5, 0.6) is 0 Å². The van der Waals surface area contributed by atoms with E-state index in [-0.39, 0.29) is 11.9 Å². The van der Waals surface area contributed by atoms with Crippen molar-refractivity contribution in [1.29, 1.82) is 0 Å². The van der Waals surface area contributed by atoms with E-state index in [1.165, 1.54) is 11.5 Å². The summed E-state index contributed by atoms with van der Waals surface area (Å²) in [6, 6.07) is 0. The first kappa shape index (κ1) is 12.3. The molecule has 0 bridgehead atoms. The number of ether oxygens (including phenoxy) is 2. The summed E-state index contributed by atoms with van der Waals surface area (Å²) >= 11 is 1.50. The van der Waals surface area contributed by atoms with E-state index in [0.717, 1.165) is 49.9 Å². The van der Waals surface area contributed by atoms with Gasteiger partial charge in [0.2, 0.25) is 5.13 Å². The molecule has 5 nitrogen and oxygen atoms in total. The summed E-state index contributed by atoms with van der Waals surface area (Å²) in [6.45, 7) is 6.74. The van der Waals surface area contributed by atoms with Crippen molar-refractivity contribution >= 4 is 16.7 Å². The van der Waals surface area contributed by atoms with Gasteiger partial charge < -0.3 is 14.4 Å². The van der Waals surface area contributed by atoms with Gasteiger partial charge in [0.1, 0.15) is 5.82 Å². The Balaban J connectivity index is 1.63. The van der Waals surface area contributed by atoms with E-state index in [1.807, 2.05) is 0 Å². The van der Waals surface area contributed by atoms with Crippen molar-refractivity contribution in [2.45, 2.75) is 45.0 Å². The van der Waals surface area contributed by atoms with E-state index in [2.05, 4.69) is 28.1 Å². The summed E-state index contributed by atoms with van der Waals surface area (Å²) < 4.78 is 16.1. The second-order valence-electron chi connectivity index (χ2n) is 4.98. The Morgan fingerprint density at radius 3 is 2.78 bits per heavy atom. The molecule has 1 unspecified atom stereocenters. The van der Waals surface area contributed by atoms with E-state index in [0.29, 0.717) is 0 Å². The van der Waals surface area contributed by atoms with Crippen molar-refractivity contribution in [1.82, 2.24) is 9.36 Å². The third-order valence-corrected chi connectivity index (χ3v) is 4.38. The van der Waals surface area contributed by atoms with Crippen LogP contribution in [0.15, 0.2) is 0 Å². The first-order valence-electron chi connectivity index (χ1n) is 6.60. The van der Waals surface area contributed by atoms with Crippen molar-refractivity contribution in [3.05, 3.63) is 5.82 Å². The Morgan fingerprint density at radius 1 is 1.44 bits per heavy atom. The predicted octanol–water partition coefficient (Wildman–Crippen LogP) is 1.83. The SMILES string of the molecule is CCc1nsc(N2CCC3(CC2)OCC(C)O3)n1. The minimum atomic E-state index is -0.325. The number of aromatic nitrogens is 2. The zero-order valence-electron chi connectivity index (χ0n) is 10.9. The van der Waals surface area contributed by atoms with Gasteiger partial charge in [-0.3, -0.25) is 0 Å². The molecule has 18 heavy (non-hydrogen) atoms. The highest BCUT2D eigenvalue weighted by Gasteiger charge is 2.42. The maximum atomic E-state index is 5.92. The van der Waals surface area contributed by atoms with Gasteiger partial charge in [-0.1, -0.05) is 6.92 Å². The smallest absolute Gasteiger partial charge is 0.205 e. The Morgan fingerprint density at radius 2 is 2.22 bits per heavy atom. The van der Waals surface area contributed by atoms with Crippen LogP contribution in [0.1, 0.15) is 32.5 Å². The number of anilines is 1. The van der Waals surface area contributed by atoms with E-state index in [1.54, 1.807) is 0 Å². The average molecular weight is 269 g/mol. The molecule has 0 amide bonds. The maximum absolute atomic E-state index is 5.92. The molecule has 100 valence electrons. The Hall–Kier alpha value is -0.720. The summed E-state index contributed by atoms with van der Waals surface area (Å²) in [5.41, 5.74) is 0. The molecule has 1 aromatic rings. The van der Waals surface area contributed by atoms with E-state index < -0.39 is 0 Å². The summed E-state index contributed by atoms with van der Waals surface area (Å²) in [5.74, 6) is 0.617. The molecule has 1 aromatic heterocycles. The quantitative estimate of drug-likeness (QED) is 0.820. The Bertz CT molecular complexity index is 415. The third-order valence-electron chi connectivity index (χ3n) is 3.57. The lowest BCUT2D eigenvalue weighted by Crippen LogP contribution is -2.45. The maximum Gasteiger partial charge on any atom is 0.205 e. The third kappa shape index (κ3) is 2.24. The normalized spacial score (nSPS) is 27.0. The van der Waals surface area contributed by atoms with Crippen LogP contribution in [0.4, 0.5) is 5.13 Å². The van der Waals surface area contributed by atoms with Crippen molar-refractivity contribution in [3.8, 4) is 0 Å². The van der Waals surface area contributed by atoms with Gasteiger partial charge >= 0.3 is 0 Å².